The summed E-state index contributed by atoms with van der Waals surface area (Å²) in [5.41, 5.74) is 0. The first-order valence-corrected chi connectivity index (χ1v) is 3.58. The molecule has 0 aliphatic carbocycles. The Kier molecular flexibility index (Phi) is 5.45. The smallest absolute Gasteiger partial charge is 0.312 e. The van der Waals surface area contributed by atoms with Crippen LogP contribution >= 0.6 is 0 Å². The van der Waals surface area contributed by atoms with Crippen LogP contribution in [-0.2, 0) is 9.59 Å². The van der Waals surface area contributed by atoms with Gasteiger partial charge >= 0.3 is 5.97 Å². The number of carbonyl (C=O) groups excluding carboxylic acids is 1. The van der Waals surface area contributed by atoms with Crippen LogP contribution in [0.5, 0.6) is 0 Å². The summed E-state index contributed by atoms with van der Waals surface area (Å²) in [5.74, 6) is 0.821. The van der Waals surface area contributed by atoms with Crippen molar-refractivity contribution in [1.82, 2.24) is 5.32 Å². The van der Waals surface area contributed by atoms with E-state index in [1.165, 1.54) is 0 Å². The van der Waals surface area contributed by atoms with Gasteiger partial charge in [-0.1, -0.05) is 0 Å². The van der Waals surface area contributed by atoms with Gasteiger partial charge in [-0.15, -0.1) is 12.3 Å². The lowest BCUT2D eigenvalue weighted by Crippen LogP contribution is -2.26. The predicted octanol–water partition coefficient (Wildman–Crippen LogP) is -0.00930. The van der Waals surface area contributed by atoms with Crippen LogP contribution in [0.2, 0.25) is 0 Å². The van der Waals surface area contributed by atoms with E-state index in [9.17, 15) is 9.59 Å². The molecular weight excluding hydrogens is 158 g/mol. The summed E-state index contributed by atoms with van der Waals surface area (Å²) in [4.78, 5) is 20.7. The lowest BCUT2D eigenvalue weighted by atomic mass is 10.3. The highest BCUT2D eigenvalue weighted by Crippen LogP contribution is 1.84. The second-order valence-electron chi connectivity index (χ2n) is 2.23. The SMILES string of the molecule is C#CCCCNC(=O)CC(=O)O. The number of carboxylic acid groups (broad SMARTS) is 1. The van der Waals surface area contributed by atoms with Gasteiger partial charge in [-0.05, 0) is 6.42 Å². The fourth-order valence-electron chi connectivity index (χ4n) is 0.618. The summed E-state index contributed by atoms with van der Waals surface area (Å²) < 4.78 is 0. The molecule has 66 valence electrons. The van der Waals surface area contributed by atoms with Crippen LogP contribution in [0.3, 0.4) is 0 Å². The van der Waals surface area contributed by atoms with Gasteiger partial charge in [0.15, 0.2) is 0 Å². The monoisotopic (exact) mass is 169 g/mol. The van der Waals surface area contributed by atoms with Crippen molar-refractivity contribution < 1.29 is 14.7 Å². The van der Waals surface area contributed by atoms with Crippen molar-refractivity contribution in [3.8, 4) is 12.3 Å². The van der Waals surface area contributed by atoms with E-state index in [0.717, 1.165) is 0 Å². The van der Waals surface area contributed by atoms with E-state index in [1.807, 2.05) is 0 Å². The van der Waals surface area contributed by atoms with E-state index >= 15 is 0 Å². The number of amides is 1. The number of unbranched alkanes of at least 4 members (excludes halogenated alkanes) is 1. The Balaban J connectivity index is 3.33. The molecular formula is C8H11NO3. The zero-order valence-corrected chi connectivity index (χ0v) is 6.67. The Morgan fingerprint density at radius 1 is 1.50 bits per heavy atom. The van der Waals surface area contributed by atoms with Gasteiger partial charge in [0.05, 0.1) is 0 Å². The minimum absolute atomic E-state index is 0.441. The van der Waals surface area contributed by atoms with Crippen molar-refractivity contribution in [2.45, 2.75) is 19.3 Å². The fourth-order valence-corrected chi connectivity index (χ4v) is 0.618. The number of terminal acetylenes is 1. The van der Waals surface area contributed by atoms with Crippen molar-refractivity contribution in [1.29, 1.82) is 0 Å². The maximum absolute atomic E-state index is 10.7. The number of nitrogens with one attached hydrogen (secondary N) is 1. The average Bonchev–Trinajstić information content (AvgIpc) is 1.97. The molecule has 0 rings (SSSR count). The van der Waals surface area contributed by atoms with Gasteiger partial charge in [0.2, 0.25) is 5.91 Å². The fraction of sp³-hybridized carbons (Fsp3) is 0.500. The molecule has 0 saturated heterocycles. The Hall–Kier alpha value is -1.50. The molecule has 0 aliphatic rings. The first-order valence-electron chi connectivity index (χ1n) is 3.58. The number of rotatable bonds is 5. The summed E-state index contributed by atoms with van der Waals surface area (Å²) in [6.45, 7) is 0.441. The molecule has 4 nitrogen and oxygen atoms in total. The van der Waals surface area contributed by atoms with E-state index in [1.54, 1.807) is 0 Å². The summed E-state index contributed by atoms with van der Waals surface area (Å²) >= 11 is 0. The van der Waals surface area contributed by atoms with Crippen LogP contribution in [0.4, 0.5) is 0 Å². The molecule has 0 atom stereocenters. The third kappa shape index (κ3) is 6.62. The minimum Gasteiger partial charge on any atom is -0.481 e. The van der Waals surface area contributed by atoms with Crippen LogP contribution in [-0.4, -0.2) is 23.5 Å². The molecule has 2 N–H and O–H groups in total. The molecule has 0 fully saturated rings. The van der Waals surface area contributed by atoms with Crippen LogP contribution in [0.1, 0.15) is 19.3 Å². The normalized spacial score (nSPS) is 8.58. The van der Waals surface area contributed by atoms with Crippen LogP contribution < -0.4 is 5.32 Å². The molecule has 0 radical (unpaired) electrons. The van der Waals surface area contributed by atoms with E-state index < -0.39 is 18.3 Å². The first kappa shape index (κ1) is 10.5. The second-order valence-corrected chi connectivity index (χ2v) is 2.23. The third-order valence-corrected chi connectivity index (χ3v) is 1.13. The van der Waals surface area contributed by atoms with Crippen molar-refractivity contribution in [2.75, 3.05) is 6.54 Å². The summed E-state index contributed by atoms with van der Waals surface area (Å²) in [5, 5.41) is 10.6. The average molecular weight is 169 g/mol. The Labute approximate surface area is 71.0 Å². The van der Waals surface area contributed by atoms with Gasteiger partial charge in [0.1, 0.15) is 6.42 Å². The van der Waals surface area contributed by atoms with Crippen molar-refractivity contribution in [3.63, 3.8) is 0 Å². The predicted molar refractivity (Wildman–Crippen MR) is 43.3 cm³/mol. The molecule has 12 heavy (non-hydrogen) atoms. The van der Waals surface area contributed by atoms with Crippen LogP contribution in [0, 0.1) is 12.3 Å². The van der Waals surface area contributed by atoms with Crippen LogP contribution in [0.25, 0.3) is 0 Å². The molecule has 4 heteroatoms. The highest BCUT2D eigenvalue weighted by Gasteiger charge is 2.05. The van der Waals surface area contributed by atoms with Gasteiger partial charge < -0.3 is 10.4 Å². The minimum atomic E-state index is -1.12. The lowest BCUT2D eigenvalue weighted by Gasteiger charge is -1.99. The number of carbonyl (C=O) groups is 2. The molecule has 0 bridgehead atoms. The maximum atomic E-state index is 10.7. The Morgan fingerprint density at radius 3 is 2.67 bits per heavy atom. The van der Waals surface area contributed by atoms with Gasteiger partial charge in [-0.25, -0.2) is 0 Å². The third-order valence-electron chi connectivity index (χ3n) is 1.13. The van der Waals surface area contributed by atoms with E-state index in [-0.39, 0.29) is 0 Å². The van der Waals surface area contributed by atoms with E-state index in [2.05, 4.69) is 11.2 Å². The molecule has 0 aliphatic heterocycles. The van der Waals surface area contributed by atoms with E-state index in [0.29, 0.717) is 19.4 Å². The maximum Gasteiger partial charge on any atom is 0.312 e. The number of hydrogen-bond donors (Lipinski definition) is 2. The zero-order chi connectivity index (χ0) is 9.40. The highest BCUT2D eigenvalue weighted by molar-refractivity contribution is 5.93. The standard InChI is InChI=1S/C8H11NO3/c1-2-3-4-5-9-7(10)6-8(11)12/h1H,3-6H2,(H,9,10)(H,11,12). The van der Waals surface area contributed by atoms with Gasteiger partial charge in [0.25, 0.3) is 0 Å². The van der Waals surface area contributed by atoms with Crippen molar-refractivity contribution >= 4 is 11.9 Å². The Morgan fingerprint density at radius 2 is 2.17 bits per heavy atom. The topological polar surface area (TPSA) is 66.4 Å². The molecule has 0 aromatic heterocycles. The van der Waals surface area contributed by atoms with E-state index in [4.69, 9.17) is 11.5 Å². The lowest BCUT2D eigenvalue weighted by molar-refractivity contribution is -0.140. The van der Waals surface area contributed by atoms with Gasteiger partial charge in [0, 0.05) is 13.0 Å². The highest BCUT2D eigenvalue weighted by atomic mass is 16.4. The summed E-state index contributed by atoms with van der Waals surface area (Å²) in [6, 6.07) is 0. The molecule has 0 aromatic carbocycles. The Bertz CT molecular complexity index is 205. The molecule has 0 unspecified atom stereocenters. The van der Waals surface area contributed by atoms with Gasteiger partial charge in [-0.2, -0.15) is 0 Å². The van der Waals surface area contributed by atoms with Crippen molar-refractivity contribution in [2.24, 2.45) is 0 Å². The number of aliphatic carboxylic acids is 1. The molecule has 0 spiro atoms. The largest absolute Gasteiger partial charge is 0.481 e. The zero-order valence-electron chi connectivity index (χ0n) is 6.67. The second kappa shape index (κ2) is 6.23. The number of hydrogen-bond acceptors (Lipinski definition) is 2. The quantitative estimate of drug-likeness (QED) is 0.345. The van der Waals surface area contributed by atoms with Gasteiger partial charge in [-0.3, -0.25) is 9.59 Å². The molecule has 0 saturated carbocycles. The summed E-state index contributed by atoms with van der Waals surface area (Å²) in [7, 11) is 0. The molecule has 1 amide bonds. The van der Waals surface area contributed by atoms with Crippen molar-refractivity contribution in [3.05, 3.63) is 0 Å². The number of carboxylic acids is 1. The molecule has 0 aromatic rings. The van der Waals surface area contributed by atoms with Crippen LogP contribution in [0.15, 0.2) is 0 Å². The summed E-state index contributed by atoms with van der Waals surface area (Å²) in [6.07, 6.45) is 5.77. The first-order chi connectivity index (χ1) is 5.66. The molecule has 0 heterocycles.